The summed E-state index contributed by atoms with van der Waals surface area (Å²) in [4.78, 5) is 23.1. The molecule has 1 amide bonds. The molecule has 2 bridgehead atoms. The standard InChI is InChI=1S/C19H19F2N7O2/c1-9-6-23-18(29)15-16(22)26-28-3-2-14(25-17(15)28)27-8-11(21)5-13(27)12-4-10(20)7-24-19(12)30-9/h2-4,7,9,11,13H,5-6,8H2,1H3,(H2,22,26)(H,23,29)/t9-,11-,13+/m0/s1. The highest BCUT2D eigenvalue weighted by Crippen LogP contribution is 2.40. The zero-order chi connectivity index (χ0) is 21.0. The Labute approximate surface area is 169 Å². The number of hydrogen-bond donors (Lipinski definition) is 2. The minimum absolute atomic E-state index is 0.0361. The van der Waals surface area contributed by atoms with Crippen molar-refractivity contribution in [3.05, 3.63) is 41.5 Å². The van der Waals surface area contributed by atoms with Crippen LogP contribution in [0.2, 0.25) is 0 Å². The van der Waals surface area contributed by atoms with Crippen LogP contribution in [0, 0.1) is 5.82 Å². The van der Waals surface area contributed by atoms with Crippen molar-refractivity contribution in [2.45, 2.75) is 31.7 Å². The number of nitrogens with one attached hydrogen (secondary N) is 1. The number of anilines is 2. The Hall–Kier alpha value is -3.50. The zero-order valence-corrected chi connectivity index (χ0v) is 16.0. The predicted octanol–water partition coefficient (Wildman–Crippen LogP) is 1.65. The van der Waals surface area contributed by atoms with Crippen molar-refractivity contribution in [3.8, 4) is 5.88 Å². The summed E-state index contributed by atoms with van der Waals surface area (Å²) in [7, 11) is 0. The fourth-order valence-electron chi connectivity index (χ4n) is 3.98. The van der Waals surface area contributed by atoms with Gasteiger partial charge in [-0.2, -0.15) is 0 Å². The van der Waals surface area contributed by atoms with Gasteiger partial charge in [0.1, 0.15) is 29.5 Å². The van der Waals surface area contributed by atoms with Crippen LogP contribution in [-0.4, -0.2) is 50.9 Å². The number of hydrogen-bond acceptors (Lipinski definition) is 7. The van der Waals surface area contributed by atoms with Crippen molar-refractivity contribution >= 4 is 23.2 Å². The molecule has 5 rings (SSSR count). The molecule has 9 nitrogen and oxygen atoms in total. The molecule has 0 radical (unpaired) electrons. The largest absolute Gasteiger partial charge is 0.473 e. The van der Waals surface area contributed by atoms with E-state index < -0.39 is 30.0 Å². The summed E-state index contributed by atoms with van der Waals surface area (Å²) in [5, 5.41) is 6.89. The number of carbonyl (C=O) groups excluding carboxylic acids is 1. The third-order valence-electron chi connectivity index (χ3n) is 5.34. The van der Waals surface area contributed by atoms with Crippen molar-refractivity contribution < 1.29 is 18.3 Å². The summed E-state index contributed by atoms with van der Waals surface area (Å²) in [6.45, 7) is 1.95. The van der Waals surface area contributed by atoms with Gasteiger partial charge in [0.15, 0.2) is 11.5 Å². The van der Waals surface area contributed by atoms with E-state index in [0.29, 0.717) is 11.4 Å². The van der Waals surface area contributed by atoms with Crippen LogP contribution in [0.3, 0.4) is 0 Å². The smallest absolute Gasteiger partial charge is 0.259 e. The first kappa shape index (κ1) is 18.5. The zero-order valence-electron chi connectivity index (χ0n) is 16.0. The number of amides is 1. The Balaban J connectivity index is 1.72. The highest BCUT2D eigenvalue weighted by molar-refractivity contribution is 6.04. The predicted molar refractivity (Wildman–Crippen MR) is 104 cm³/mol. The molecular formula is C19H19F2N7O2. The number of fused-ring (bicyclic) bond motifs is 5. The Bertz CT molecular complexity index is 1150. The molecule has 0 aromatic carbocycles. The number of rotatable bonds is 0. The average molecular weight is 415 g/mol. The summed E-state index contributed by atoms with van der Waals surface area (Å²) < 4.78 is 35.8. The number of aromatic nitrogens is 4. The number of nitrogens with two attached hydrogens (primary N) is 1. The topological polar surface area (TPSA) is 111 Å². The van der Waals surface area contributed by atoms with E-state index in [1.807, 2.05) is 0 Å². The quantitative estimate of drug-likeness (QED) is 0.574. The van der Waals surface area contributed by atoms with E-state index in [-0.39, 0.29) is 42.4 Å². The van der Waals surface area contributed by atoms with E-state index in [0.717, 1.165) is 6.20 Å². The van der Waals surface area contributed by atoms with Crippen LogP contribution >= 0.6 is 0 Å². The summed E-state index contributed by atoms with van der Waals surface area (Å²) >= 11 is 0. The normalized spacial score (nSPS) is 23.8. The Morgan fingerprint density at radius 2 is 2.23 bits per heavy atom. The molecule has 2 aliphatic heterocycles. The van der Waals surface area contributed by atoms with E-state index in [1.54, 1.807) is 24.1 Å². The molecule has 0 saturated carbocycles. The Morgan fingerprint density at radius 3 is 3.07 bits per heavy atom. The molecule has 11 heteroatoms. The van der Waals surface area contributed by atoms with Gasteiger partial charge in [-0.05, 0) is 19.1 Å². The first-order chi connectivity index (χ1) is 14.4. The fraction of sp³-hybridized carbons (Fsp3) is 0.368. The second-order valence-electron chi connectivity index (χ2n) is 7.50. The minimum Gasteiger partial charge on any atom is -0.473 e. The lowest BCUT2D eigenvalue weighted by Crippen LogP contribution is -2.34. The maximum absolute atomic E-state index is 14.5. The SMILES string of the molecule is C[C@H]1CNC(=O)c2c(N)nn3ccc(nc23)N2C[C@@H](F)C[C@@H]2c2cc(F)cnc2O1. The molecule has 3 aromatic heterocycles. The molecule has 0 spiro atoms. The summed E-state index contributed by atoms with van der Waals surface area (Å²) in [5.74, 6) is -0.335. The first-order valence-electron chi connectivity index (χ1n) is 9.56. The monoisotopic (exact) mass is 415 g/mol. The van der Waals surface area contributed by atoms with Crippen molar-refractivity contribution in [3.63, 3.8) is 0 Å². The van der Waals surface area contributed by atoms with Crippen molar-refractivity contribution in [2.24, 2.45) is 0 Å². The first-order valence-corrected chi connectivity index (χ1v) is 9.56. The molecular weight excluding hydrogens is 396 g/mol. The lowest BCUT2D eigenvalue weighted by Gasteiger charge is -2.27. The maximum Gasteiger partial charge on any atom is 0.259 e. The molecule has 3 N–H and O–H groups in total. The number of alkyl halides is 1. The molecule has 0 aliphatic carbocycles. The maximum atomic E-state index is 14.5. The van der Waals surface area contributed by atoms with Gasteiger partial charge < -0.3 is 20.7 Å². The van der Waals surface area contributed by atoms with Crippen molar-refractivity contribution in [1.29, 1.82) is 0 Å². The summed E-state index contributed by atoms with van der Waals surface area (Å²) in [6.07, 6.45) is 1.17. The highest BCUT2D eigenvalue weighted by Gasteiger charge is 2.37. The van der Waals surface area contributed by atoms with E-state index in [1.165, 1.54) is 10.6 Å². The van der Waals surface area contributed by atoms with E-state index in [9.17, 15) is 13.6 Å². The third-order valence-corrected chi connectivity index (χ3v) is 5.34. The van der Waals surface area contributed by atoms with Gasteiger partial charge in [0.2, 0.25) is 5.88 Å². The number of carbonyl (C=O) groups is 1. The van der Waals surface area contributed by atoms with Crippen molar-refractivity contribution in [1.82, 2.24) is 24.9 Å². The van der Waals surface area contributed by atoms with Gasteiger partial charge in [-0.1, -0.05) is 0 Å². The Kier molecular flexibility index (Phi) is 4.19. The Morgan fingerprint density at radius 1 is 1.40 bits per heavy atom. The summed E-state index contributed by atoms with van der Waals surface area (Å²) in [6, 6.07) is 2.43. The van der Waals surface area contributed by atoms with Crippen LogP contribution in [0.1, 0.15) is 35.3 Å². The molecule has 3 atom stereocenters. The van der Waals surface area contributed by atoms with Gasteiger partial charge >= 0.3 is 0 Å². The van der Waals surface area contributed by atoms with Gasteiger partial charge in [0, 0.05) is 18.2 Å². The third kappa shape index (κ3) is 2.97. The molecule has 156 valence electrons. The summed E-state index contributed by atoms with van der Waals surface area (Å²) in [5.41, 5.74) is 6.78. The molecule has 2 aliphatic rings. The molecule has 0 unspecified atom stereocenters. The van der Waals surface area contributed by atoms with Crippen LogP contribution < -0.4 is 20.7 Å². The highest BCUT2D eigenvalue weighted by atomic mass is 19.1. The van der Waals surface area contributed by atoms with Crippen LogP contribution in [0.4, 0.5) is 20.4 Å². The number of nitrogen functional groups attached to an aromatic ring is 1. The lowest BCUT2D eigenvalue weighted by atomic mass is 10.1. The van der Waals surface area contributed by atoms with Gasteiger partial charge in [-0.15, -0.1) is 5.10 Å². The number of nitrogens with zero attached hydrogens (tertiary/aromatic N) is 5. The second-order valence-corrected chi connectivity index (χ2v) is 7.50. The van der Waals surface area contributed by atoms with Gasteiger partial charge in [0.25, 0.3) is 5.91 Å². The van der Waals surface area contributed by atoms with Gasteiger partial charge in [-0.25, -0.2) is 23.3 Å². The molecule has 1 fully saturated rings. The molecule has 3 aromatic rings. The van der Waals surface area contributed by atoms with Gasteiger partial charge in [-0.3, -0.25) is 4.79 Å². The number of pyridine rings is 1. The number of halogens is 2. The van der Waals surface area contributed by atoms with Crippen LogP contribution in [0.15, 0.2) is 24.5 Å². The average Bonchev–Trinajstić information content (AvgIpc) is 3.25. The lowest BCUT2D eigenvalue weighted by molar-refractivity contribution is 0.0932. The van der Waals surface area contributed by atoms with E-state index in [4.69, 9.17) is 10.5 Å². The molecule has 1 saturated heterocycles. The van der Waals surface area contributed by atoms with E-state index >= 15 is 0 Å². The number of ether oxygens (including phenoxy) is 1. The van der Waals surface area contributed by atoms with Gasteiger partial charge in [0.05, 0.1) is 25.3 Å². The van der Waals surface area contributed by atoms with E-state index in [2.05, 4.69) is 20.4 Å². The van der Waals surface area contributed by atoms with Crippen LogP contribution in [0.5, 0.6) is 5.88 Å². The fourth-order valence-corrected chi connectivity index (χ4v) is 3.98. The minimum atomic E-state index is -1.15. The molecule has 30 heavy (non-hydrogen) atoms. The van der Waals surface area contributed by atoms with Crippen LogP contribution in [-0.2, 0) is 0 Å². The molecule has 5 heterocycles. The van der Waals surface area contributed by atoms with Crippen LogP contribution in [0.25, 0.3) is 5.65 Å². The van der Waals surface area contributed by atoms with Crippen molar-refractivity contribution in [2.75, 3.05) is 23.7 Å². The second kappa shape index (κ2) is 6.78.